The molecular formula is C22H26N4OS2. The van der Waals surface area contributed by atoms with Gasteiger partial charge < -0.3 is 16.0 Å². The molecule has 2 aromatic heterocycles. The fourth-order valence-electron chi connectivity index (χ4n) is 3.49. The molecule has 0 aliphatic carbocycles. The Morgan fingerprint density at radius 1 is 1.38 bits per heavy atom. The number of aromatic nitrogens is 1. The Balaban J connectivity index is 1.67. The van der Waals surface area contributed by atoms with Crippen molar-refractivity contribution >= 4 is 49.9 Å². The van der Waals surface area contributed by atoms with E-state index in [1.807, 2.05) is 6.08 Å². The lowest BCUT2D eigenvalue weighted by Gasteiger charge is -2.13. The van der Waals surface area contributed by atoms with E-state index in [9.17, 15) is 4.79 Å². The quantitative estimate of drug-likeness (QED) is 0.515. The van der Waals surface area contributed by atoms with Crippen molar-refractivity contribution in [3.8, 4) is 10.6 Å². The van der Waals surface area contributed by atoms with E-state index in [4.69, 9.17) is 4.98 Å². The van der Waals surface area contributed by atoms with Crippen molar-refractivity contribution in [2.24, 2.45) is 0 Å². The molecule has 0 fully saturated rings. The van der Waals surface area contributed by atoms with Gasteiger partial charge in [-0.25, -0.2) is 4.98 Å². The lowest BCUT2D eigenvalue weighted by Crippen LogP contribution is -2.27. The number of thiazole rings is 1. The maximum Gasteiger partial charge on any atom is 0.226 e. The monoisotopic (exact) mass is 426 g/mol. The zero-order valence-electron chi connectivity index (χ0n) is 16.8. The highest BCUT2D eigenvalue weighted by atomic mass is 32.1. The molecule has 0 spiro atoms. The lowest BCUT2D eigenvalue weighted by atomic mass is 10.0. The molecular weight excluding hydrogens is 400 g/mol. The SMILES string of the molecule is C=Cc1ccc2sc(-c3c(NC(=O)CCNC(C)C)sc4c3CCNC4)nc2c1. The highest BCUT2D eigenvalue weighted by molar-refractivity contribution is 7.23. The summed E-state index contributed by atoms with van der Waals surface area (Å²) in [7, 11) is 0. The highest BCUT2D eigenvalue weighted by Crippen LogP contribution is 2.44. The van der Waals surface area contributed by atoms with Crippen molar-refractivity contribution in [3.05, 3.63) is 40.8 Å². The number of rotatable bonds is 7. The van der Waals surface area contributed by atoms with Gasteiger partial charge in [-0.05, 0) is 36.2 Å². The summed E-state index contributed by atoms with van der Waals surface area (Å²) in [5.41, 5.74) is 4.48. The normalized spacial score (nSPS) is 13.6. The molecule has 152 valence electrons. The van der Waals surface area contributed by atoms with E-state index < -0.39 is 0 Å². The Morgan fingerprint density at radius 3 is 3.03 bits per heavy atom. The number of thiophene rings is 1. The Morgan fingerprint density at radius 2 is 2.24 bits per heavy atom. The Hall–Kier alpha value is -2.06. The third-order valence-corrected chi connectivity index (χ3v) is 7.15. The number of nitrogens with one attached hydrogen (secondary N) is 3. The van der Waals surface area contributed by atoms with Crippen LogP contribution in [0, 0.1) is 0 Å². The second kappa shape index (κ2) is 8.75. The molecule has 3 aromatic rings. The van der Waals surface area contributed by atoms with E-state index in [1.165, 1.54) is 10.4 Å². The van der Waals surface area contributed by atoms with Gasteiger partial charge in [0.2, 0.25) is 5.91 Å². The lowest BCUT2D eigenvalue weighted by molar-refractivity contribution is -0.116. The number of nitrogens with zero attached hydrogens (tertiary/aromatic N) is 1. The van der Waals surface area contributed by atoms with Crippen LogP contribution in [0.3, 0.4) is 0 Å². The molecule has 0 atom stereocenters. The van der Waals surface area contributed by atoms with Gasteiger partial charge in [0.1, 0.15) is 10.0 Å². The third-order valence-electron chi connectivity index (χ3n) is 4.95. The molecule has 0 bridgehead atoms. The molecule has 7 heteroatoms. The van der Waals surface area contributed by atoms with Crippen molar-refractivity contribution in [3.63, 3.8) is 0 Å². The van der Waals surface area contributed by atoms with E-state index in [-0.39, 0.29) is 5.91 Å². The standard InChI is InChI=1S/C22H26N4OS2/c1-4-14-5-6-17-16(11-14)25-21(28-17)20-15-7-9-23-12-18(15)29-22(20)26-19(27)8-10-24-13(2)3/h4-6,11,13,23-24H,1,7-10,12H2,2-3H3,(H,26,27). The molecule has 0 radical (unpaired) electrons. The van der Waals surface area contributed by atoms with Crippen LogP contribution < -0.4 is 16.0 Å². The largest absolute Gasteiger partial charge is 0.317 e. The first-order chi connectivity index (χ1) is 14.0. The van der Waals surface area contributed by atoms with Crippen LogP contribution in [0.15, 0.2) is 24.8 Å². The van der Waals surface area contributed by atoms with Crippen molar-refractivity contribution in [2.45, 2.75) is 39.3 Å². The van der Waals surface area contributed by atoms with Crippen LogP contribution in [-0.2, 0) is 17.8 Å². The molecule has 1 aromatic carbocycles. The second-order valence-corrected chi connectivity index (χ2v) is 9.63. The van der Waals surface area contributed by atoms with Crippen LogP contribution in [0.2, 0.25) is 0 Å². The van der Waals surface area contributed by atoms with Crippen molar-refractivity contribution in [2.75, 3.05) is 18.4 Å². The summed E-state index contributed by atoms with van der Waals surface area (Å²) < 4.78 is 1.15. The van der Waals surface area contributed by atoms with Crippen molar-refractivity contribution < 1.29 is 4.79 Å². The molecule has 3 heterocycles. The Bertz CT molecular complexity index is 1050. The molecule has 5 nitrogen and oxygen atoms in total. The summed E-state index contributed by atoms with van der Waals surface area (Å²) in [4.78, 5) is 18.8. The van der Waals surface area contributed by atoms with E-state index in [1.54, 1.807) is 22.7 Å². The summed E-state index contributed by atoms with van der Waals surface area (Å²) in [5, 5.41) is 11.8. The average molecular weight is 427 g/mol. The van der Waals surface area contributed by atoms with Gasteiger partial charge in [0.05, 0.1) is 10.2 Å². The molecule has 0 unspecified atom stereocenters. The van der Waals surface area contributed by atoms with E-state index in [2.05, 4.69) is 54.6 Å². The number of fused-ring (bicyclic) bond motifs is 2. The number of benzene rings is 1. The van der Waals surface area contributed by atoms with Gasteiger partial charge in [0, 0.05) is 36.0 Å². The van der Waals surface area contributed by atoms with Gasteiger partial charge in [-0.1, -0.05) is 32.6 Å². The fraction of sp³-hybridized carbons (Fsp3) is 0.364. The van der Waals surface area contributed by atoms with E-state index in [0.717, 1.165) is 50.9 Å². The van der Waals surface area contributed by atoms with Gasteiger partial charge in [-0.3, -0.25) is 4.79 Å². The predicted octanol–water partition coefficient (Wildman–Crippen LogP) is 4.64. The number of anilines is 1. The molecule has 1 amide bonds. The van der Waals surface area contributed by atoms with Crippen LogP contribution >= 0.6 is 22.7 Å². The number of hydrogen-bond acceptors (Lipinski definition) is 6. The van der Waals surface area contributed by atoms with Crippen LogP contribution in [0.4, 0.5) is 5.00 Å². The Kier molecular flexibility index (Phi) is 6.10. The van der Waals surface area contributed by atoms with Gasteiger partial charge >= 0.3 is 0 Å². The molecule has 1 aliphatic rings. The van der Waals surface area contributed by atoms with Gasteiger partial charge in [0.25, 0.3) is 0 Å². The zero-order valence-corrected chi connectivity index (χ0v) is 18.4. The fourth-order valence-corrected chi connectivity index (χ4v) is 5.82. The maximum absolute atomic E-state index is 12.6. The minimum Gasteiger partial charge on any atom is -0.317 e. The first-order valence-electron chi connectivity index (χ1n) is 9.97. The van der Waals surface area contributed by atoms with Crippen molar-refractivity contribution in [1.29, 1.82) is 0 Å². The first-order valence-corrected chi connectivity index (χ1v) is 11.6. The molecule has 29 heavy (non-hydrogen) atoms. The van der Waals surface area contributed by atoms with Gasteiger partial charge in [-0.2, -0.15) is 0 Å². The van der Waals surface area contributed by atoms with Crippen LogP contribution in [0.5, 0.6) is 0 Å². The maximum atomic E-state index is 12.6. The highest BCUT2D eigenvalue weighted by Gasteiger charge is 2.25. The smallest absolute Gasteiger partial charge is 0.226 e. The summed E-state index contributed by atoms with van der Waals surface area (Å²) in [6, 6.07) is 6.61. The average Bonchev–Trinajstić information content (AvgIpc) is 3.27. The van der Waals surface area contributed by atoms with E-state index in [0.29, 0.717) is 19.0 Å². The number of amides is 1. The zero-order chi connectivity index (χ0) is 20.4. The third kappa shape index (κ3) is 4.43. The molecule has 3 N–H and O–H groups in total. The minimum atomic E-state index is 0.0426. The van der Waals surface area contributed by atoms with Gasteiger partial charge in [0.15, 0.2) is 0 Å². The topological polar surface area (TPSA) is 66.1 Å². The number of carbonyl (C=O) groups excluding carboxylic acids is 1. The summed E-state index contributed by atoms with van der Waals surface area (Å²) in [6.45, 7) is 10.5. The van der Waals surface area contributed by atoms with Crippen LogP contribution in [-0.4, -0.2) is 30.0 Å². The molecule has 4 rings (SSSR count). The molecule has 0 saturated heterocycles. The Labute approximate surface area is 179 Å². The van der Waals surface area contributed by atoms with Crippen molar-refractivity contribution in [1.82, 2.24) is 15.6 Å². The summed E-state index contributed by atoms with van der Waals surface area (Å²) in [6.07, 6.45) is 3.26. The van der Waals surface area contributed by atoms with Gasteiger partial charge in [-0.15, -0.1) is 22.7 Å². The summed E-state index contributed by atoms with van der Waals surface area (Å²) in [5.74, 6) is 0.0426. The predicted molar refractivity (Wildman–Crippen MR) is 125 cm³/mol. The molecule has 0 saturated carbocycles. The van der Waals surface area contributed by atoms with Crippen LogP contribution in [0.25, 0.3) is 26.9 Å². The first kappa shape index (κ1) is 20.2. The summed E-state index contributed by atoms with van der Waals surface area (Å²) >= 11 is 3.37. The molecule has 1 aliphatic heterocycles. The van der Waals surface area contributed by atoms with Crippen LogP contribution in [0.1, 0.15) is 36.3 Å². The van der Waals surface area contributed by atoms with E-state index >= 15 is 0 Å². The number of carbonyl (C=O) groups is 1. The minimum absolute atomic E-state index is 0.0426. The number of hydrogen-bond donors (Lipinski definition) is 3. The second-order valence-electron chi connectivity index (χ2n) is 7.49.